The Labute approximate surface area is 181 Å². The van der Waals surface area contributed by atoms with E-state index in [1.807, 2.05) is 6.92 Å². The molecule has 1 aliphatic rings. The van der Waals surface area contributed by atoms with Crippen LogP contribution in [0.2, 0.25) is 0 Å². The van der Waals surface area contributed by atoms with Gasteiger partial charge in [-0.3, -0.25) is 4.79 Å². The van der Waals surface area contributed by atoms with Crippen molar-refractivity contribution in [2.24, 2.45) is 0 Å². The standard InChI is InChI=1S/C22H25NO7S/c1-3-29-21-14-17(8-11-20(21)28-2)22(25)30-15-19(24)16-6-9-18(10-7-16)31(26,27)23-12-4-5-13-23/h6-11,14H,3-5,12-13,15H2,1-2H3. The zero-order valence-electron chi connectivity index (χ0n) is 17.5. The number of carbonyl (C=O) groups excluding carboxylic acids is 2. The van der Waals surface area contributed by atoms with E-state index in [1.54, 1.807) is 6.07 Å². The van der Waals surface area contributed by atoms with Gasteiger partial charge in [-0.1, -0.05) is 0 Å². The van der Waals surface area contributed by atoms with E-state index in [0.717, 1.165) is 12.8 Å². The van der Waals surface area contributed by atoms with Crippen molar-refractivity contribution in [3.05, 3.63) is 53.6 Å². The fourth-order valence-electron chi connectivity index (χ4n) is 3.26. The summed E-state index contributed by atoms with van der Waals surface area (Å²) >= 11 is 0. The summed E-state index contributed by atoms with van der Waals surface area (Å²) in [6, 6.07) is 10.3. The maximum atomic E-state index is 12.6. The lowest BCUT2D eigenvalue weighted by Gasteiger charge is -2.15. The summed E-state index contributed by atoms with van der Waals surface area (Å²) in [7, 11) is -2.05. The van der Waals surface area contributed by atoms with E-state index in [0.29, 0.717) is 31.2 Å². The molecule has 1 aliphatic heterocycles. The molecule has 0 aromatic heterocycles. The van der Waals surface area contributed by atoms with Gasteiger partial charge in [-0.15, -0.1) is 0 Å². The van der Waals surface area contributed by atoms with E-state index in [2.05, 4.69) is 0 Å². The van der Waals surface area contributed by atoms with Crippen LogP contribution in [0, 0.1) is 0 Å². The number of sulfonamides is 1. The van der Waals surface area contributed by atoms with Gasteiger partial charge >= 0.3 is 5.97 Å². The highest BCUT2D eigenvalue weighted by molar-refractivity contribution is 7.89. The van der Waals surface area contributed by atoms with Crippen molar-refractivity contribution in [3.63, 3.8) is 0 Å². The Balaban J connectivity index is 1.63. The fraction of sp³-hybridized carbons (Fsp3) is 0.364. The zero-order chi connectivity index (χ0) is 22.4. The van der Waals surface area contributed by atoms with Crippen molar-refractivity contribution in [2.75, 3.05) is 33.4 Å². The van der Waals surface area contributed by atoms with Crippen LogP contribution in [0.5, 0.6) is 11.5 Å². The first-order chi connectivity index (χ1) is 14.9. The van der Waals surface area contributed by atoms with Crippen LogP contribution >= 0.6 is 0 Å². The number of hydrogen-bond acceptors (Lipinski definition) is 7. The van der Waals surface area contributed by atoms with Gasteiger partial charge in [0.1, 0.15) is 0 Å². The second-order valence-corrected chi connectivity index (χ2v) is 8.87. The van der Waals surface area contributed by atoms with Crippen molar-refractivity contribution < 1.29 is 32.2 Å². The summed E-state index contributed by atoms with van der Waals surface area (Å²) in [5.41, 5.74) is 0.488. The van der Waals surface area contributed by atoms with Gasteiger partial charge in [0.05, 0.1) is 24.2 Å². The molecule has 1 heterocycles. The first kappa shape index (κ1) is 22.8. The number of methoxy groups -OCH3 is 1. The van der Waals surface area contributed by atoms with E-state index in [4.69, 9.17) is 14.2 Å². The van der Waals surface area contributed by atoms with Gasteiger partial charge in [-0.25, -0.2) is 13.2 Å². The smallest absolute Gasteiger partial charge is 0.338 e. The molecule has 0 saturated carbocycles. The second-order valence-electron chi connectivity index (χ2n) is 6.93. The lowest BCUT2D eigenvalue weighted by molar-refractivity contribution is 0.0474. The summed E-state index contributed by atoms with van der Waals surface area (Å²) in [5, 5.41) is 0. The van der Waals surface area contributed by atoms with Gasteiger partial charge in [0.15, 0.2) is 23.9 Å². The quantitative estimate of drug-likeness (QED) is 0.430. The third kappa shape index (κ3) is 5.23. The SMILES string of the molecule is CCOc1cc(C(=O)OCC(=O)c2ccc(S(=O)(=O)N3CCCC3)cc2)ccc1OC. The van der Waals surface area contributed by atoms with Crippen LogP contribution in [-0.4, -0.2) is 57.9 Å². The largest absolute Gasteiger partial charge is 0.493 e. The number of esters is 1. The second kappa shape index (κ2) is 9.93. The van der Waals surface area contributed by atoms with Crippen molar-refractivity contribution in [1.82, 2.24) is 4.31 Å². The van der Waals surface area contributed by atoms with E-state index in [-0.39, 0.29) is 16.0 Å². The van der Waals surface area contributed by atoms with Crippen LogP contribution in [0.1, 0.15) is 40.5 Å². The molecule has 1 fully saturated rings. The van der Waals surface area contributed by atoms with Crippen LogP contribution in [0.3, 0.4) is 0 Å². The Hall–Kier alpha value is -2.91. The van der Waals surface area contributed by atoms with Crippen LogP contribution in [0.25, 0.3) is 0 Å². The Morgan fingerprint density at radius 2 is 1.61 bits per heavy atom. The van der Waals surface area contributed by atoms with Gasteiger partial charge in [-0.2, -0.15) is 4.31 Å². The van der Waals surface area contributed by atoms with Gasteiger partial charge in [0.25, 0.3) is 0 Å². The molecule has 8 nitrogen and oxygen atoms in total. The number of nitrogens with zero attached hydrogens (tertiary/aromatic N) is 1. The summed E-state index contributed by atoms with van der Waals surface area (Å²) in [5.74, 6) is -0.221. The number of benzene rings is 2. The minimum absolute atomic E-state index is 0.143. The summed E-state index contributed by atoms with van der Waals surface area (Å²) in [4.78, 5) is 24.8. The Bertz CT molecular complexity index is 1040. The number of carbonyl (C=O) groups is 2. The van der Waals surface area contributed by atoms with Crippen LogP contribution in [0.15, 0.2) is 47.4 Å². The fourth-order valence-corrected chi connectivity index (χ4v) is 4.78. The monoisotopic (exact) mass is 447 g/mol. The molecule has 1 saturated heterocycles. The third-order valence-electron chi connectivity index (χ3n) is 4.91. The molecule has 9 heteroatoms. The molecule has 2 aromatic rings. The molecular weight excluding hydrogens is 422 g/mol. The maximum Gasteiger partial charge on any atom is 0.338 e. The number of hydrogen-bond donors (Lipinski definition) is 0. The molecular formula is C22H25NO7S. The number of ketones is 1. The number of rotatable bonds is 9. The van der Waals surface area contributed by atoms with Crippen LogP contribution in [-0.2, 0) is 14.8 Å². The predicted octanol–water partition coefficient (Wildman–Crippen LogP) is 2.92. The first-order valence-corrected chi connectivity index (χ1v) is 11.4. The molecule has 0 atom stereocenters. The van der Waals surface area contributed by atoms with Gasteiger partial charge in [-0.05, 0) is 62.2 Å². The lowest BCUT2D eigenvalue weighted by atomic mass is 10.1. The number of ether oxygens (including phenoxy) is 3. The van der Waals surface area contributed by atoms with Gasteiger partial charge in [0, 0.05) is 18.7 Å². The van der Waals surface area contributed by atoms with Crippen molar-refractivity contribution in [2.45, 2.75) is 24.7 Å². The van der Waals surface area contributed by atoms with E-state index in [1.165, 1.54) is 47.8 Å². The number of Topliss-reactive ketones (excluding diaryl/α,β-unsaturated/α-hetero) is 1. The van der Waals surface area contributed by atoms with Gasteiger partial charge in [0.2, 0.25) is 10.0 Å². The Morgan fingerprint density at radius 1 is 0.968 bits per heavy atom. The minimum Gasteiger partial charge on any atom is -0.493 e. The lowest BCUT2D eigenvalue weighted by Crippen LogP contribution is -2.27. The van der Waals surface area contributed by atoms with E-state index in [9.17, 15) is 18.0 Å². The molecule has 0 bridgehead atoms. The van der Waals surface area contributed by atoms with Crippen molar-refractivity contribution in [3.8, 4) is 11.5 Å². The summed E-state index contributed by atoms with van der Waals surface area (Å²) in [6.45, 7) is 2.76. The molecule has 0 N–H and O–H groups in total. The van der Waals surface area contributed by atoms with Crippen molar-refractivity contribution >= 4 is 21.8 Å². The summed E-state index contributed by atoms with van der Waals surface area (Å²) in [6.07, 6.45) is 1.70. The highest BCUT2D eigenvalue weighted by Crippen LogP contribution is 2.28. The van der Waals surface area contributed by atoms with Crippen LogP contribution in [0.4, 0.5) is 0 Å². The van der Waals surface area contributed by atoms with E-state index < -0.39 is 28.4 Å². The predicted molar refractivity (Wildman–Crippen MR) is 113 cm³/mol. The highest BCUT2D eigenvalue weighted by atomic mass is 32.2. The highest BCUT2D eigenvalue weighted by Gasteiger charge is 2.27. The topological polar surface area (TPSA) is 99.2 Å². The molecule has 0 radical (unpaired) electrons. The Morgan fingerprint density at radius 3 is 2.23 bits per heavy atom. The normalized spacial score (nSPS) is 14.3. The average Bonchev–Trinajstić information content (AvgIpc) is 3.33. The summed E-state index contributed by atoms with van der Waals surface area (Å²) < 4.78 is 42.3. The molecule has 166 valence electrons. The molecule has 3 rings (SSSR count). The molecule has 2 aromatic carbocycles. The average molecular weight is 448 g/mol. The molecule has 0 aliphatic carbocycles. The van der Waals surface area contributed by atoms with Crippen molar-refractivity contribution in [1.29, 1.82) is 0 Å². The molecule has 0 spiro atoms. The third-order valence-corrected chi connectivity index (χ3v) is 6.83. The minimum atomic E-state index is -3.54. The van der Waals surface area contributed by atoms with Gasteiger partial charge < -0.3 is 14.2 Å². The Kier molecular flexibility index (Phi) is 7.29. The molecule has 0 amide bonds. The molecule has 31 heavy (non-hydrogen) atoms. The van der Waals surface area contributed by atoms with Crippen LogP contribution < -0.4 is 9.47 Å². The maximum absolute atomic E-state index is 12.6. The zero-order valence-corrected chi connectivity index (χ0v) is 18.3. The first-order valence-electron chi connectivity index (χ1n) is 9.98. The van der Waals surface area contributed by atoms with E-state index >= 15 is 0 Å². The molecule has 0 unspecified atom stereocenters.